The van der Waals surface area contributed by atoms with Crippen LogP contribution in [0.15, 0.2) is 22.7 Å². The van der Waals surface area contributed by atoms with E-state index in [2.05, 4.69) is 45.7 Å². The van der Waals surface area contributed by atoms with Gasteiger partial charge in [0, 0.05) is 4.83 Å². The highest BCUT2D eigenvalue weighted by Crippen LogP contribution is 2.60. The SMILES string of the molecule is CC1(C)CC1C(Br)c1ccc(F)c(Br)c1. The largest absolute Gasteiger partial charge is 0.206 e. The maximum absolute atomic E-state index is 13.1. The van der Waals surface area contributed by atoms with Crippen LogP contribution < -0.4 is 0 Å². The number of halogens is 3. The summed E-state index contributed by atoms with van der Waals surface area (Å²) < 4.78 is 13.6. The molecule has 2 unspecified atom stereocenters. The molecule has 0 nitrogen and oxygen atoms in total. The first-order valence-electron chi connectivity index (χ1n) is 5.01. The molecule has 0 aliphatic heterocycles. The summed E-state index contributed by atoms with van der Waals surface area (Å²) in [7, 11) is 0. The molecular formula is C12H13Br2F. The van der Waals surface area contributed by atoms with Gasteiger partial charge in [-0.25, -0.2) is 4.39 Å². The van der Waals surface area contributed by atoms with E-state index in [1.165, 1.54) is 12.5 Å². The Morgan fingerprint density at radius 2 is 2.07 bits per heavy atom. The van der Waals surface area contributed by atoms with Crippen molar-refractivity contribution in [2.24, 2.45) is 11.3 Å². The minimum atomic E-state index is -0.200. The van der Waals surface area contributed by atoms with Crippen LogP contribution in [-0.4, -0.2) is 0 Å². The van der Waals surface area contributed by atoms with Crippen molar-refractivity contribution >= 4 is 31.9 Å². The van der Waals surface area contributed by atoms with E-state index in [1.807, 2.05) is 12.1 Å². The number of alkyl halides is 1. The predicted molar refractivity (Wildman–Crippen MR) is 67.7 cm³/mol. The van der Waals surface area contributed by atoms with Crippen LogP contribution in [0.2, 0.25) is 0 Å². The van der Waals surface area contributed by atoms with Crippen LogP contribution in [0.4, 0.5) is 4.39 Å². The van der Waals surface area contributed by atoms with Gasteiger partial charge in [0.1, 0.15) is 5.82 Å². The zero-order valence-corrected chi connectivity index (χ0v) is 11.9. The molecule has 1 saturated carbocycles. The summed E-state index contributed by atoms with van der Waals surface area (Å²) in [6.45, 7) is 4.54. The summed E-state index contributed by atoms with van der Waals surface area (Å²) in [4.78, 5) is 0.337. The Morgan fingerprint density at radius 3 is 2.53 bits per heavy atom. The lowest BCUT2D eigenvalue weighted by Crippen LogP contribution is -1.99. The maximum atomic E-state index is 13.1. The Bertz CT molecular complexity index is 387. The van der Waals surface area contributed by atoms with E-state index < -0.39 is 0 Å². The van der Waals surface area contributed by atoms with Crippen molar-refractivity contribution in [3.63, 3.8) is 0 Å². The van der Waals surface area contributed by atoms with Crippen molar-refractivity contribution in [1.29, 1.82) is 0 Å². The molecule has 0 bridgehead atoms. The van der Waals surface area contributed by atoms with Gasteiger partial charge in [0.25, 0.3) is 0 Å². The molecule has 0 heterocycles. The molecule has 1 fully saturated rings. The second-order valence-electron chi connectivity index (χ2n) is 4.87. The van der Waals surface area contributed by atoms with Gasteiger partial charge in [-0.15, -0.1) is 0 Å². The average molecular weight is 336 g/mol. The number of benzene rings is 1. The summed E-state index contributed by atoms with van der Waals surface area (Å²) in [5, 5.41) is 0. The minimum Gasteiger partial charge on any atom is -0.206 e. The molecule has 2 atom stereocenters. The first-order valence-corrected chi connectivity index (χ1v) is 6.72. The lowest BCUT2D eigenvalue weighted by molar-refractivity contribution is 0.554. The Balaban J connectivity index is 2.20. The molecule has 1 aromatic carbocycles. The molecule has 1 aromatic rings. The average Bonchev–Trinajstić information content (AvgIpc) is 2.79. The van der Waals surface area contributed by atoms with Crippen LogP contribution in [0.1, 0.15) is 30.7 Å². The number of rotatable bonds is 2. The van der Waals surface area contributed by atoms with Crippen molar-refractivity contribution in [2.75, 3.05) is 0 Å². The van der Waals surface area contributed by atoms with Crippen LogP contribution >= 0.6 is 31.9 Å². The standard InChI is InChI=1S/C12H13Br2F/c1-12(2)6-8(12)11(14)7-3-4-10(15)9(13)5-7/h3-5,8,11H,6H2,1-2H3. The van der Waals surface area contributed by atoms with Gasteiger partial charge in [0.2, 0.25) is 0 Å². The molecule has 1 aliphatic carbocycles. The Morgan fingerprint density at radius 1 is 1.47 bits per heavy atom. The molecule has 0 aromatic heterocycles. The van der Waals surface area contributed by atoms with Gasteiger partial charge >= 0.3 is 0 Å². The monoisotopic (exact) mass is 334 g/mol. The van der Waals surface area contributed by atoms with Crippen LogP contribution in [0.3, 0.4) is 0 Å². The molecular weight excluding hydrogens is 323 g/mol. The summed E-state index contributed by atoms with van der Waals surface area (Å²) in [5.41, 5.74) is 1.58. The molecule has 0 amide bonds. The van der Waals surface area contributed by atoms with Gasteiger partial charge in [-0.2, -0.15) is 0 Å². The molecule has 3 heteroatoms. The minimum absolute atomic E-state index is 0.200. The zero-order chi connectivity index (χ0) is 11.2. The molecule has 2 rings (SSSR count). The van der Waals surface area contributed by atoms with Gasteiger partial charge < -0.3 is 0 Å². The topological polar surface area (TPSA) is 0 Å². The summed E-state index contributed by atoms with van der Waals surface area (Å²) in [6, 6.07) is 5.24. The Labute approximate surface area is 107 Å². The smallest absolute Gasteiger partial charge is 0.137 e. The normalized spacial score (nSPS) is 25.0. The van der Waals surface area contributed by atoms with Gasteiger partial charge in [-0.1, -0.05) is 35.8 Å². The fourth-order valence-corrected chi connectivity index (χ4v) is 3.51. The molecule has 0 N–H and O–H groups in total. The van der Waals surface area contributed by atoms with E-state index in [0.29, 0.717) is 20.6 Å². The Hall–Kier alpha value is 0.110. The summed E-state index contributed by atoms with van der Waals surface area (Å²) in [5.74, 6) is 0.461. The molecule has 0 radical (unpaired) electrons. The Kier molecular flexibility index (Phi) is 2.97. The highest BCUT2D eigenvalue weighted by Gasteiger charge is 2.49. The molecule has 1 aliphatic rings. The van der Waals surface area contributed by atoms with E-state index in [1.54, 1.807) is 0 Å². The third kappa shape index (κ3) is 2.28. The second-order valence-corrected chi connectivity index (χ2v) is 6.72. The van der Waals surface area contributed by atoms with Crippen molar-refractivity contribution in [1.82, 2.24) is 0 Å². The van der Waals surface area contributed by atoms with E-state index in [4.69, 9.17) is 0 Å². The van der Waals surface area contributed by atoms with Crippen LogP contribution in [-0.2, 0) is 0 Å². The van der Waals surface area contributed by atoms with Crippen molar-refractivity contribution < 1.29 is 4.39 Å². The quantitative estimate of drug-likeness (QED) is 0.662. The highest BCUT2D eigenvalue weighted by molar-refractivity contribution is 9.10. The van der Waals surface area contributed by atoms with Crippen molar-refractivity contribution in [3.8, 4) is 0 Å². The van der Waals surface area contributed by atoms with Crippen LogP contribution in [0.5, 0.6) is 0 Å². The molecule has 15 heavy (non-hydrogen) atoms. The molecule has 0 spiro atoms. The number of hydrogen-bond donors (Lipinski definition) is 0. The van der Waals surface area contributed by atoms with Crippen LogP contribution in [0, 0.1) is 17.2 Å². The van der Waals surface area contributed by atoms with E-state index in [-0.39, 0.29) is 5.82 Å². The molecule has 82 valence electrons. The van der Waals surface area contributed by atoms with Gasteiger partial charge in [0.05, 0.1) is 4.47 Å². The van der Waals surface area contributed by atoms with E-state index >= 15 is 0 Å². The third-order valence-corrected chi connectivity index (χ3v) is 4.98. The summed E-state index contributed by atoms with van der Waals surface area (Å²) >= 11 is 6.92. The summed E-state index contributed by atoms with van der Waals surface area (Å²) in [6.07, 6.45) is 1.23. The van der Waals surface area contributed by atoms with Crippen LogP contribution in [0.25, 0.3) is 0 Å². The number of hydrogen-bond acceptors (Lipinski definition) is 0. The third-order valence-electron chi connectivity index (χ3n) is 3.21. The van der Waals surface area contributed by atoms with E-state index in [0.717, 1.165) is 5.56 Å². The predicted octanol–water partition coefficient (Wildman–Crippen LogP) is 5.07. The highest BCUT2D eigenvalue weighted by atomic mass is 79.9. The lowest BCUT2D eigenvalue weighted by Gasteiger charge is -2.12. The first-order chi connectivity index (χ1) is 6.92. The lowest BCUT2D eigenvalue weighted by atomic mass is 10.0. The van der Waals surface area contributed by atoms with E-state index in [9.17, 15) is 4.39 Å². The second kappa shape index (κ2) is 3.85. The zero-order valence-electron chi connectivity index (χ0n) is 8.73. The van der Waals surface area contributed by atoms with Gasteiger partial charge in [0.15, 0.2) is 0 Å². The fourth-order valence-electron chi connectivity index (χ4n) is 1.92. The molecule has 0 saturated heterocycles. The van der Waals surface area contributed by atoms with Crippen molar-refractivity contribution in [3.05, 3.63) is 34.1 Å². The fraction of sp³-hybridized carbons (Fsp3) is 0.500. The van der Waals surface area contributed by atoms with Gasteiger partial charge in [-0.3, -0.25) is 0 Å². The van der Waals surface area contributed by atoms with Crippen molar-refractivity contribution in [2.45, 2.75) is 25.1 Å². The first kappa shape index (κ1) is 11.6. The maximum Gasteiger partial charge on any atom is 0.137 e. The van der Waals surface area contributed by atoms with Gasteiger partial charge in [-0.05, 0) is 51.4 Å².